The van der Waals surface area contributed by atoms with Gasteiger partial charge in [-0.3, -0.25) is 4.90 Å². The number of hydrogen-bond donors (Lipinski definition) is 3. The minimum absolute atomic E-state index is 0.0642. The molecular weight excluding hydrogens is 496 g/mol. The lowest BCUT2D eigenvalue weighted by Crippen LogP contribution is -2.38. The summed E-state index contributed by atoms with van der Waals surface area (Å²) in [5.41, 5.74) is 2.20. The molecule has 0 unspecified atom stereocenters. The van der Waals surface area contributed by atoms with Crippen LogP contribution in [-0.4, -0.2) is 68.4 Å². The maximum Gasteiger partial charge on any atom is 0.356 e. The first-order valence-electron chi connectivity index (χ1n) is 13.8. The Labute approximate surface area is 229 Å². The average molecular weight is 535 g/mol. The van der Waals surface area contributed by atoms with E-state index in [0.29, 0.717) is 18.0 Å². The summed E-state index contributed by atoms with van der Waals surface area (Å²) in [7, 11) is 1.34. The number of benzene rings is 2. The van der Waals surface area contributed by atoms with E-state index in [0.717, 1.165) is 80.7 Å². The van der Waals surface area contributed by atoms with Gasteiger partial charge in [0.25, 0.3) is 0 Å². The number of carbonyl (C=O) groups is 2. The van der Waals surface area contributed by atoms with E-state index in [9.17, 15) is 9.59 Å². The fourth-order valence-electron chi connectivity index (χ4n) is 5.63. The number of hydrogen-bond acceptors (Lipinski definition) is 6. The summed E-state index contributed by atoms with van der Waals surface area (Å²) in [6, 6.07) is 13.0. The minimum Gasteiger partial charge on any atom is -0.492 e. The first-order valence-corrected chi connectivity index (χ1v) is 13.8. The van der Waals surface area contributed by atoms with Gasteiger partial charge >= 0.3 is 12.0 Å². The monoisotopic (exact) mass is 534 g/mol. The number of nitrogens with zero attached hydrogens (tertiary/aromatic N) is 1. The zero-order chi connectivity index (χ0) is 27.2. The van der Waals surface area contributed by atoms with Gasteiger partial charge < -0.3 is 29.8 Å². The normalized spacial score (nSPS) is 17.5. The van der Waals surface area contributed by atoms with Crippen LogP contribution in [0.25, 0.3) is 10.8 Å². The van der Waals surface area contributed by atoms with Crippen LogP contribution in [0, 0.1) is 0 Å². The molecule has 2 fully saturated rings. The number of aromatic nitrogens is 1. The predicted octanol–water partition coefficient (Wildman–Crippen LogP) is 5.53. The summed E-state index contributed by atoms with van der Waals surface area (Å²) in [4.78, 5) is 31.3. The van der Waals surface area contributed by atoms with Crippen molar-refractivity contribution in [3.63, 3.8) is 0 Å². The Hall–Kier alpha value is -3.56. The van der Waals surface area contributed by atoms with E-state index in [4.69, 9.17) is 14.2 Å². The van der Waals surface area contributed by atoms with Gasteiger partial charge in [-0.1, -0.05) is 50.5 Å². The van der Waals surface area contributed by atoms with Crippen LogP contribution in [0.2, 0.25) is 0 Å². The number of H-pyrrole nitrogens is 1. The van der Waals surface area contributed by atoms with E-state index in [2.05, 4.69) is 27.4 Å². The third-order valence-electron chi connectivity index (χ3n) is 7.96. The van der Waals surface area contributed by atoms with Crippen LogP contribution in [0.5, 0.6) is 5.75 Å². The molecule has 1 aliphatic heterocycles. The summed E-state index contributed by atoms with van der Waals surface area (Å²) in [5.74, 6) is 0.258. The number of urea groups is 1. The van der Waals surface area contributed by atoms with Gasteiger partial charge in [-0.15, -0.1) is 0 Å². The van der Waals surface area contributed by atoms with E-state index < -0.39 is 12.0 Å². The van der Waals surface area contributed by atoms with Crippen LogP contribution in [0.1, 0.15) is 55.2 Å². The average Bonchev–Trinajstić information content (AvgIpc) is 3.39. The third-order valence-corrected chi connectivity index (χ3v) is 7.96. The molecule has 1 aliphatic carbocycles. The maximum atomic E-state index is 13.2. The van der Waals surface area contributed by atoms with Crippen LogP contribution in [0.15, 0.2) is 42.5 Å². The molecule has 1 aromatic heterocycles. The highest BCUT2D eigenvalue weighted by molar-refractivity contribution is 6.09. The number of carbonyl (C=O) groups excluding carboxylic acids is 2. The van der Waals surface area contributed by atoms with Gasteiger partial charge in [-0.25, -0.2) is 9.59 Å². The van der Waals surface area contributed by atoms with Crippen molar-refractivity contribution in [2.24, 2.45) is 0 Å². The molecule has 1 saturated carbocycles. The molecule has 2 aromatic carbocycles. The van der Waals surface area contributed by atoms with E-state index in [-0.39, 0.29) is 11.1 Å². The number of methoxy groups -OCH3 is 1. The number of amides is 2. The van der Waals surface area contributed by atoms with Gasteiger partial charge in [0.15, 0.2) is 0 Å². The Balaban J connectivity index is 1.30. The third kappa shape index (κ3) is 6.20. The molecule has 9 nitrogen and oxygen atoms in total. The molecular formula is C30H38N4O5. The number of aromatic amines is 1. The molecule has 9 heteroatoms. The lowest BCUT2D eigenvalue weighted by atomic mass is 9.73. The largest absolute Gasteiger partial charge is 0.492 e. The Bertz CT molecular complexity index is 1310. The Morgan fingerprint density at radius 1 is 1.00 bits per heavy atom. The maximum absolute atomic E-state index is 13.2. The van der Waals surface area contributed by atoms with E-state index in [1.165, 1.54) is 13.5 Å². The molecule has 39 heavy (non-hydrogen) atoms. The zero-order valence-electron chi connectivity index (χ0n) is 22.8. The number of nitrogens with one attached hydrogen (secondary N) is 3. The molecule has 2 aliphatic rings. The van der Waals surface area contributed by atoms with E-state index in [1.807, 2.05) is 42.5 Å². The van der Waals surface area contributed by atoms with Crippen molar-refractivity contribution in [3.05, 3.63) is 53.9 Å². The van der Waals surface area contributed by atoms with Crippen LogP contribution < -0.4 is 15.4 Å². The SMILES string of the molecule is COC(=O)c1[nH]c(C2(C)CCCCC2)cc1NC(=O)Nc1ccc(OCCN2CCOCC2)c2ccccc12. The van der Waals surface area contributed by atoms with Crippen molar-refractivity contribution in [1.29, 1.82) is 0 Å². The fraction of sp³-hybridized carbons (Fsp3) is 0.467. The Morgan fingerprint density at radius 2 is 1.72 bits per heavy atom. The number of ether oxygens (including phenoxy) is 3. The smallest absolute Gasteiger partial charge is 0.356 e. The summed E-state index contributed by atoms with van der Waals surface area (Å²) in [6.07, 6.45) is 5.58. The van der Waals surface area contributed by atoms with Crippen molar-refractivity contribution < 1.29 is 23.8 Å². The second-order valence-electron chi connectivity index (χ2n) is 10.6. The molecule has 3 N–H and O–H groups in total. The summed E-state index contributed by atoms with van der Waals surface area (Å²) in [5, 5.41) is 7.62. The number of rotatable bonds is 8. The van der Waals surface area contributed by atoms with E-state index >= 15 is 0 Å². The van der Waals surface area contributed by atoms with Crippen LogP contribution in [-0.2, 0) is 14.9 Å². The highest BCUT2D eigenvalue weighted by Gasteiger charge is 2.32. The summed E-state index contributed by atoms with van der Waals surface area (Å²) < 4.78 is 16.5. The molecule has 2 amide bonds. The predicted molar refractivity (Wildman–Crippen MR) is 152 cm³/mol. The van der Waals surface area contributed by atoms with Crippen molar-refractivity contribution >= 4 is 34.1 Å². The van der Waals surface area contributed by atoms with Crippen LogP contribution >= 0.6 is 0 Å². The first-order chi connectivity index (χ1) is 19.0. The molecule has 3 aromatic rings. The van der Waals surface area contributed by atoms with Gasteiger partial charge in [-0.2, -0.15) is 0 Å². The van der Waals surface area contributed by atoms with Gasteiger partial charge in [0.2, 0.25) is 0 Å². The summed E-state index contributed by atoms with van der Waals surface area (Å²) in [6.45, 7) is 6.97. The van der Waals surface area contributed by atoms with Gasteiger partial charge in [0, 0.05) is 41.5 Å². The first kappa shape index (κ1) is 27.0. The minimum atomic E-state index is -0.514. The second-order valence-corrected chi connectivity index (χ2v) is 10.6. The quantitative estimate of drug-likeness (QED) is 0.328. The Kier molecular flexibility index (Phi) is 8.38. The highest BCUT2D eigenvalue weighted by atomic mass is 16.5. The Morgan fingerprint density at radius 3 is 2.46 bits per heavy atom. The summed E-state index contributed by atoms with van der Waals surface area (Å²) >= 11 is 0. The molecule has 0 spiro atoms. The molecule has 1 saturated heterocycles. The fourth-order valence-corrected chi connectivity index (χ4v) is 5.63. The van der Waals surface area contributed by atoms with Crippen molar-refractivity contribution in [2.45, 2.75) is 44.4 Å². The van der Waals surface area contributed by atoms with Crippen molar-refractivity contribution in [1.82, 2.24) is 9.88 Å². The zero-order valence-corrected chi connectivity index (χ0v) is 22.8. The van der Waals surface area contributed by atoms with Gasteiger partial charge in [0.05, 0.1) is 31.7 Å². The number of esters is 1. The highest BCUT2D eigenvalue weighted by Crippen LogP contribution is 2.40. The van der Waals surface area contributed by atoms with Gasteiger partial charge in [0.1, 0.15) is 18.1 Å². The molecule has 0 radical (unpaired) electrons. The number of fused-ring (bicyclic) bond motifs is 1. The van der Waals surface area contributed by atoms with Crippen molar-refractivity contribution in [2.75, 3.05) is 57.2 Å². The van der Waals surface area contributed by atoms with E-state index in [1.54, 1.807) is 0 Å². The standard InChI is InChI=1S/C30H38N4O5/c1-30(12-6-3-7-13-30)26-20-24(27(33-26)28(35)37-2)32-29(36)31-23-10-11-25(22-9-5-4-8-21(22)23)39-19-16-34-14-17-38-18-15-34/h4-5,8-11,20,33H,3,6-7,12-19H2,1-2H3,(H2,31,32,36). The molecule has 0 bridgehead atoms. The molecule has 208 valence electrons. The number of morpholine rings is 1. The van der Waals surface area contributed by atoms with Crippen molar-refractivity contribution in [3.8, 4) is 5.75 Å². The van der Waals surface area contributed by atoms with Crippen LogP contribution in [0.4, 0.5) is 16.2 Å². The second kappa shape index (κ2) is 12.1. The molecule has 2 heterocycles. The topological polar surface area (TPSA) is 105 Å². The number of anilines is 2. The lowest BCUT2D eigenvalue weighted by Gasteiger charge is -2.32. The lowest BCUT2D eigenvalue weighted by molar-refractivity contribution is 0.0323. The molecule has 5 rings (SSSR count). The molecule has 0 atom stereocenters. The van der Waals surface area contributed by atoms with Crippen LogP contribution in [0.3, 0.4) is 0 Å². The van der Waals surface area contributed by atoms with Gasteiger partial charge in [-0.05, 0) is 31.0 Å².